The number of ether oxygens (including phenoxy) is 2. The van der Waals surface area contributed by atoms with Gasteiger partial charge in [0, 0.05) is 25.1 Å². The smallest absolute Gasteiger partial charge is 0.408 e. The molecule has 2 atom stereocenters. The molecule has 0 bridgehead atoms. The first-order valence-electron chi connectivity index (χ1n) is 16.9. The number of rotatable bonds is 16. The number of carboxylic acid groups (broad SMARTS) is 1. The Kier molecular flexibility index (Phi) is 13.1. The lowest BCUT2D eigenvalue weighted by Gasteiger charge is -2.25. The summed E-state index contributed by atoms with van der Waals surface area (Å²) >= 11 is 0. The Morgan fingerprint density at radius 2 is 1.42 bits per heavy atom. The molecule has 0 saturated carbocycles. The van der Waals surface area contributed by atoms with Crippen LogP contribution in [0.25, 0.3) is 11.0 Å². The average molecular weight is 721 g/mol. The van der Waals surface area contributed by atoms with E-state index in [9.17, 15) is 29.1 Å². The van der Waals surface area contributed by atoms with Gasteiger partial charge in [-0.25, -0.2) is 24.2 Å². The molecule has 4 aromatic carbocycles. The fourth-order valence-electron chi connectivity index (χ4n) is 5.37. The highest BCUT2D eigenvalue weighted by Gasteiger charge is 2.27. The van der Waals surface area contributed by atoms with Crippen molar-refractivity contribution in [2.45, 2.75) is 45.1 Å². The number of nitrogens with zero attached hydrogens (tertiary/aromatic N) is 2. The number of nitrogens with one attached hydrogen (secondary N) is 4. The molecule has 0 unspecified atom stereocenters. The van der Waals surface area contributed by atoms with Crippen molar-refractivity contribution in [1.29, 1.82) is 0 Å². The Balaban J connectivity index is 1.24. The van der Waals surface area contributed by atoms with Gasteiger partial charge in [0.05, 0.1) is 24.2 Å². The number of H-pyrrole nitrogens is 1. The number of amides is 4. The van der Waals surface area contributed by atoms with E-state index in [1.54, 1.807) is 43.3 Å². The number of carboxylic acids is 1. The second-order valence-corrected chi connectivity index (χ2v) is 12.0. The van der Waals surface area contributed by atoms with Crippen LogP contribution in [-0.2, 0) is 45.2 Å². The third kappa shape index (κ3) is 11.1. The molecule has 5 aromatic rings. The number of hydrogen-bond donors (Lipinski definition) is 5. The zero-order chi connectivity index (χ0) is 37.6. The first-order valence-corrected chi connectivity index (χ1v) is 16.9. The molecule has 0 fully saturated rings. The molecular formula is C39H40N6O8. The van der Waals surface area contributed by atoms with E-state index in [0.717, 1.165) is 22.2 Å². The van der Waals surface area contributed by atoms with Crippen LogP contribution >= 0.6 is 0 Å². The molecule has 0 aliphatic carbocycles. The summed E-state index contributed by atoms with van der Waals surface area (Å²) in [5.74, 6) is -1.96. The van der Waals surface area contributed by atoms with Crippen LogP contribution in [0.2, 0.25) is 0 Å². The SMILES string of the molecule is CCOC(=O)[C@H](Cc1ccccc1)NC(=O)N(Cc1ccc(C(=O)NC[C@H](NC(=O)OCc2ccccc2)C(=O)O)cc1)Cc1nc2ccccc2[nH]1. The van der Waals surface area contributed by atoms with Gasteiger partial charge in [-0.05, 0) is 47.9 Å². The van der Waals surface area contributed by atoms with Crippen molar-refractivity contribution in [3.8, 4) is 0 Å². The Hall–Kier alpha value is -6.70. The summed E-state index contributed by atoms with van der Waals surface area (Å²) in [5, 5.41) is 17.2. The van der Waals surface area contributed by atoms with E-state index < -0.39 is 48.6 Å². The van der Waals surface area contributed by atoms with Gasteiger partial charge in [0.25, 0.3) is 5.91 Å². The zero-order valence-electron chi connectivity index (χ0n) is 29.0. The number of aliphatic carboxylic acids is 1. The summed E-state index contributed by atoms with van der Waals surface area (Å²) in [5.41, 5.74) is 4.00. The van der Waals surface area contributed by atoms with Crippen molar-refractivity contribution in [2.75, 3.05) is 13.2 Å². The van der Waals surface area contributed by atoms with E-state index in [1.165, 1.54) is 17.0 Å². The van der Waals surface area contributed by atoms with E-state index in [4.69, 9.17) is 9.47 Å². The lowest BCUT2D eigenvalue weighted by molar-refractivity contribution is -0.145. The number of aromatic nitrogens is 2. The van der Waals surface area contributed by atoms with E-state index in [0.29, 0.717) is 11.4 Å². The normalized spacial score (nSPS) is 11.9. The van der Waals surface area contributed by atoms with Gasteiger partial charge in [0.2, 0.25) is 0 Å². The van der Waals surface area contributed by atoms with Gasteiger partial charge >= 0.3 is 24.1 Å². The summed E-state index contributed by atoms with van der Waals surface area (Å²) in [7, 11) is 0. The maximum atomic E-state index is 13.9. The van der Waals surface area contributed by atoms with Gasteiger partial charge in [0.15, 0.2) is 0 Å². The third-order valence-electron chi connectivity index (χ3n) is 8.08. The first-order chi connectivity index (χ1) is 25.7. The minimum atomic E-state index is -1.44. The molecule has 53 heavy (non-hydrogen) atoms. The van der Waals surface area contributed by atoms with Crippen molar-refractivity contribution >= 4 is 41.0 Å². The molecule has 0 saturated heterocycles. The second-order valence-electron chi connectivity index (χ2n) is 12.0. The van der Waals surface area contributed by atoms with E-state index >= 15 is 0 Å². The van der Waals surface area contributed by atoms with E-state index in [-0.39, 0.29) is 38.3 Å². The van der Waals surface area contributed by atoms with Crippen LogP contribution in [0.5, 0.6) is 0 Å². The van der Waals surface area contributed by atoms with Crippen molar-refractivity contribution in [3.05, 3.63) is 137 Å². The van der Waals surface area contributed by atoms with Crippen molar-refractivity contribution < 1.29 is 38.6 Å². The minimum Gasteiger partial charge on any atom is -0.480 e. The van der Waals surface area contributed by atoms with E-state index in [2.05, 4.69) is 25.9 Å². The van der Waals surface area contributed by atoms with Crippen molar-refractivity contribution in [3.63, 3.8) is 0 Å². The largest absolute Gasteiger partial charge is 0.480 e. The van der Waals surface area contributed by atoms with E-state index in [1.807, 2.05) is 60.7 Å². The van der Waals surface area contributed by atoms with Gasteiger partial charge in [-0.15, -0.1) is 0 Å². The van der Waals surface area contributed by atoms with Gasteiger partial charge < -0.3 is 40.4 Å². The number of esters is 1. The van der Waals surface area contributed by atoms with Crippen LogP contribution in [0.4, 0.5) is 9.59 Å². The Labute approximate surface area is 305 Å². The number of aromatic amines is 1. The lowest BCUT2D eigenvalue weighted by Crippen LogP contribution is -2.49. The van der Waals surface area contributed by atoms with Gasteiger partial charge in [0.1, 0.15) is 24.5 Å². The molecule has 0 radical (unpaired) electrons. The predicted octanol–water partition coefficient (Wildman–Crippen LogP) is 4.56. The molecule has 1 aromatic heterocycles. The molecule has 1 heterocycles. The number of urea groups is 1. The molecule has 274 valence electrons. The fourth-order valence-corrected chi connectivity index (χ4v) is 5.37. The Morgan fingerprint density at radius 3 is 2.08 bits per heavy atom. The monoisotopic (exact) mass is 720 g/mol. The van der Waals surface area contributed by atoms with Crippen molar-refractivity contribution in [2.24, 2.45) is 0 Å². The summed E-state index contributed by atoms with van der Waals surface area (Å²) < 4.78 is 10.4. The molecular weight excluding hydrogens is 680 g/mol. The molecule has 5 rings (SSSR count). The maximum absolute atomic E-state index is 13.9. The molecule has 0 aliphatic rings. The summed E-state index contributed by atoms with van der Waals surface area (Å²) in [6.45, 7) is 1.56. The second kappa shape index (κ2) is 18.5. The Bertz CT molecular complexity index is 1970. The summed E-state index contributed by atoms with van der Waals surface area (Å²) in [6, 6.07) is 29.1. The van der Waals surface area contributed by atoms with Crippen LogP contribution in [0.15, 0.2) is 109 Å². The highest BCUT2D eigenvalue weighted by Crippen LogP contribution is 2.16. The van der Waals surface area contributed by atoms with Crippen LogP contribution in [0, 0.1) is 0 Å². The number of para-hydroxylation sites is 2. The summed E-state index contributed by atoms with van der Waals surface area (Å²) in [6.07, 6.45) is -0.717. The molecule has 4 amide bonds. The third-order valence-corrected chi connectivity index (χ3v) is 8.08. The number of fused-ring (bicyclic) bond motifs is 1. The van der Waals surface area contributed by atoms with Gasteiger partial charge in [-0.3, -0.25) is 4.79 Å². The van der Waals surface area contributed by atoms with Crippen molar-refractivity contribution in [1.82, 2.24) is 30.8 Å². The number of imidazole rings is 1. The number of hydrogen-bond acceptors (Lipinski definition) is 8. The Morgan fingerprint density at radius 1 is 0.755 bits per heavy atom. The highest BCUT2D eigenvalue weighted by atomic mass is 16.5. The average Bonchev–Trinajstić information content (AvgIpc) is 3.58. The number of carbonyl (C=O) groups is 5. The van der Waals surface area contributed by atoms with Crippen LogP contribution in [0.3, 0.4) is 0 Å². The fraction of sp³-hybridized carbons (Fsp3) is 0.231. The van der Waals surface area contributed by atoms with Gasteiger partial charge in [-0.1, -0.05) is 84.9 Å². The lowest BCUT2D eigenvalue weighted by atomic mass is 10.1. The highest BCUT2D eigenvalue weighted by molar-refractivity contribution is 5.94. The van der Waals surface area contributed by atoms with Crippen LogP contribution < -0.4 is 16.0 Å². The standard InChI is InChI=1S/C39H40N6O8/c1-2-52-37(49)32(21-26-11-5-3-6-12-26)43-38(50)45(24-34-41-30-15-9-10-16-31(30)42-34)23-27-17-19-29(20-18-27)35(46)40-22-33(36(47)48)44-39(51)53-25-28-13-7-4-8-14-28/h3-20,32-33H,2,21-25H2,1H3,(H,40,46)(H,41,42)(H,43,50)(H,44,51)(H,47,48)/t32-,33-/m0/s1. The van der Waals surface area contributed by atoms with Crippen LogP contribution in [0.1, 0.15) is 39.8 Å². The van der Waals surface area contributed by atoms with Crippen LogP contribution in [-0.4, -0.2) is 75.2 Å². The minimum absolute atomic E-state index is 0.0469. The first kappa shape index (κ1) is 37.6. The zero-order valence-corrected chi connectivity index (χ0v) is 29.0. The number of alkyl carbamates (subject to hydrolysis) is 1. The topological polar surface area (TPSA) is 192 Å². The van der Waals surface area contributed by atoms with Gasteiger partial charge in [-0.2, -0.15) is 0 Å². The maximum Gasteiger partial charge on any atom is 0.408 e. The quantitative estimate of drug-likeness (QED) is 0.0910. The molecule has 14 nitrogen and oxygen atoms in total. The number of benzene rings is 4. The molecule has 0 aliphatic heterocycles. The molecule has 14 heteroatoms. The summed E-state index contributed by atoms with van der Waals surface area (Å²) in [4.78, 5) is 73.1. The molecule has 5 N–H and O–H groups in total. The predicted molar refractivity (Wildman–Crippen MR) is 194 cm³/mol. The number of carbonyl (C=O) groups excluding carboxylic acids is 4. The molecule has 0 spiro atoms.